The molecule has 2 N–H and O–H groups in total. The molecule has 0 aliphatic heterocycles. The van der Waals surface area contributed by atoms with E-state index in [2.05, 4.69) is 16.4 Å². The fourth-order valence-corrected chi connectivity index (χ4v) is 2.87. The second-order valence-corrected chi connectivity index (χ2v) is 6.57. The Labute approximate surface area is 145 Å². The van der Waals surface area contributed by atoms with E-state index in [1.165, 1.54) is 0 Å². The molecule has 0 bridgehead atoms. The van der Waals surface area contributed by atoms with Crippen molar-refractivity contribution >= 4 is 34.1 Å². The van der Waals surface area contributed by atoms with Crippen LogP contribution in [-0.4, -0.2) is 10.9 Å². The number of benzene rings is 2. The van der Waals surface area contributed by atoms with Crippen molar-refractivity contribution < 1.29 is 4.79 Å². The first kappa shape index (κ1) is 16.1. The maximum Gasteiger partial charge on any atom is 0.234 e. The Bertz CT molecular complexity index is 966. The first-order chi connectivity index (χ1) is 11.4. The molecule has 1 aromatic heterocycles. The molecule has 0 radical (unpaired) electrons. The number of halogens is 1. The molecule has 0 saturated heterocycles. The summed E-state index contributed by atoms with van der Waals surface area (Å²) in [4.78, 5) is 16.0. The van der Waals surface area contributed by atoms with Gasteiger partial charge in [0.05, 0.1) is 16.7 Å². The summed E-state index contributed by atoms with van der Waals surface area (Å²) in [7, 11) is 0. The van der Waals surface area contributed by atoms with Gasteiger partial charge >= 0.3 is 0 Å². The molecule has 0 aliphatic carbocycles. The monoisotopic (exact) mass is 337 g/mol. The molecule has 2 aromatic carbocycles. The summed E-state index contributed by atoms with van der Waals surface area (Å²) < 4.78 is 0. The van der Waals surface area contributed by atoms with Gasteiger partial charge in [-0.05, 0) is 49.7 Å². The molecule has 0 atom stereocenters. The van der Waals surface area contributed by atoms with Gasteiger partial charge in [0.15, 0.2) is 0 Å². The molecule has 0 spiro atoms. The van der Waals surface area contributed by atoms with Crippen molar-refractivity contribution in [2.24, 2.45) is 0 Å². The number of aromatic amines is 1. The molecule has 0 unspecified atom stereocenters. The van der Waals surface area contributed by atoms with Crippen LogP contribution >= 0.6 is 11.6 Å². The minimum absolute atomic E-state index is 0.189. The van der Waals surface area contributed by atoms with Gasteiger partial charge in [0.1, 0.15) is 6.07 Å². The highest BCUT2D eigenvalue weighted by atomic mass is 35.5. The van der Waals surface area contributed by atoms with E-state index in [0.717, 1.165) is 16.5 Å². The molecule has 0 saturated carbocycles. The lowest BCUT2D eigenvalue weighted by Crippen LogP contribution is -2.34. The van der Waals surface area contributed by atoms with E-state index in [1.54, 1.807) is 30.3 Å². The number of H-pyrrole nitrogens is 1. The van der Waals surface area contributed by atoms with Gasteiger partial charge in [-0.3, -0.25) is 4.79 Å². The second kappa shape index (κ2) is 6.03. The van der Waals surface area contributed by atoms with Gasteiger partial charge in [-0.2, -0.15) is 5.26 Å². The van der Waals surface area contributed by atoms with Gasteiger partial charge in [0.25, 0.3) is 0 Å². The molecule has 24 heavy (non-hydrogen) atoms. The lowest BCUT2D eigenvalue weighted by atomic mass is 9.83. The first-order valence-electron chi connectivity index (χ1n) is 7.51. The van der Waals surface area contributed by atoms with E-state index in [4.69, 9.17) is 16.9 Å². The summed E-state index contributed by atoms with van der Waals surface area (Å²) in [5.74, 6) is -0.189. The second-order valence-electron chi connectivity index (χ2n) is 6.13. The largest absolute Gasteiger partial charge is 0.361 e. The number of nitriles is 1. The van der Waals surface area contributed by atoms with Gasteiger partial charge in [0.2, 0.25) is 5.91 Å². The Morgan fingerprint density at radius 1 is 1.25 bits per heavy atom. The number of carbonyl (C=O) groups is 1. The van der Waals surface area contributed by atoms with Crippen LogP contribution in [0.15, 0.2) is 48.7 Å². The van der Waals surface area contributed by atoms with Gasteiger partial charge in [0, 0.05) is 22.1 Å². The zero-order valence-corrected chi connectivity index (χ0v) is 14.1. The highest BCUT2D eigenvalue weighted by Gasteiger charge is 2.32. The number of fused-ring (bicyclic) bond motifs is 1. The zero-order chi connectivity index (χ0) is 17.3. The van der Waals surface area contributed by atoms with Crippen molar-refractivity contribution in [3.05, 3.63) is 64.8 Å². The number of rotatable bonds is 3. The average molecular weight is 338 g/mol. The van der Waals surface area contributed by atoms with Crippen LogP contribution in [0.3, 0.4) is 0 Å². The Kier molecular flexibility index (Phi) is 4.04. The van der Waals surface area contributed by atoms with E-state index in [-0.39, 0.29) is 5.91 Å². The minimum Gasteiger partial charge on any atom is -0.361 e. The standard InChI is InChI=1S/C19H16ClN3O/c1-19(2,15-11-22-17-8-7-13(20)9-14(15)17)18(24)23-16-6-4-3-5-12(16)10-21/h3-9,11,22H,1-2H3,(H,23,24). The van der Waals surface area contributed by atoms with E-state index in [1.807, 2.05) is 32.2 Å². The van der Waals surface area contributed by atoms with Crippen molar-refractivity contribution in [3.63, 3.8) is 0 Å². The Morgan fingerprint density at radius 3 is 2.75 bits per heavy atom. The molecule has 3 aromatic rings. The smallest absolute Gasteiger partial charge is 0.234 e. The van der Waals surface area contributed by atoms with Crippen LogP contribution in [0.25, 0.3) is 10.9 Å². The number of carbonyl (C=O) groups excluding carboxylic acids is 1. The van der Waals surface area contributed by atoms with Crippen LogP contribution in [0.2, 0.25) is 5.02 Å². The summed E-state index contributed by atoms with van der Waals surface area (Å²) in [5, 5.41) is 13.6. The van der Waals surface area contributed by atoms with Crippen molar-refractivity contribution in [2.75, 3.05) is 5.32 Å². The summed E-state index contributed by atoms with van der Waals surface area (Å²) >= 11 is 6.10. The van der Waals surface area contributed by atoms with E-state index >= 15 is 0 Å². The van der Waals surface area contributed by atoms with Crippen molar-refractivity contribution in [1.82, 2.24) is 4.98 Å². The quantitative estimate of drug-likeness (QED) is 0.732. The third-order valence-electron chi connectivity index (χ3n) is 4.18. The molecule has 0 fully saturated rings. The Hall–Kier alpha value is -2.77. The number of para-hydroxylation sites is 1. The lowest BCUT2D eigenvalue weighted by Gasteiger charge is -2.23. The first-order valence-corrected chi connectivity index (χ1v) is 7.89. The van der Waals surface area contributed by atoms with E-state index in [0.29, 0.717) is 16.3 Å². The normalized spacial score (nSPS) is 11.2. The van der Waals surface area contributed by atoms with Crippen molar-refractivity contribution in [1.29, 1.82) is 5.26 Å². The topological polar surface area (TPSA) is 68.7 Å². The van der Waals surface area contributed by atoms with Crippen LogP contribution in [0.1, 0.15) is 25.0 Å². The number of nitrogens with zero attached hydrogens (tertiary/aromatic N) is 1. The third kappa shape index (κ3) is 2.75. The SMILES string of the molecule is CC(C)(C(=O)Nc1ccccc1C#N)c1c[nH]c2ccc(Cl)cc12. The molecule has 1 amide bonds. The number of anilines is 1. The average Bonchev–Trinajstić information content (AvgIpc) is 2.99. The van der Waals surface area contributed by atoms with Crippen LogP contribution in [0.4, 0.5) is 5.69 Å². The number of amides is 1. The molecular weight excluding hydrogens is 322 g/mol. The number of hydrogen-bond acceptors (Lipinski definition) is 2. The van der Waals surface area contributed by atoms with Crippen LogP contribution in [0, 0.1) is 11.3 Å². The summed E-state index contributed by atoms with van der Waals surface area (Å²) in [6.07, 6.45) is 1.83. The molecule has 5 heteroatoms. The summed E-state index contributed by atoms with van der Waals surface area (Å²) in [6, 6.07) is 14.6. The molecule has 3 rings (SSSR count). The maximum absolute atomic E-state index is 12.9. The van der Waals surface area contributed by atoms with E-state index < -0.39 is 5.41 Å². The molecule has 1 heterocycles. The number of hydrogen-bond donors (Lipinski definition) is 2. The number of aromatic nitrogens is 1. The minimum atomic E-state index is -0.800. The third-order valence-corrected chi connectivity index (χ3v) is 4.42. The zero-order valence-electron chi connectivity index (χ0n) is 13.4. The molecule has 0 aliphatic rings. The molecule has 4 nitrogen and oxygen atoms in total. The van der Waals surface area contributed by atoms with Crippen molar-refractivity contribution in [2.45, 2.75) is 19.3 Å². The lowest BCUT2D eigenvalue weighted by molar-refractivity contribution is -0.120. The molecule has 120 valence electrons. The van der Waals surface area contributed by atoms with E-state index in [9.17, 15) is 4.79 Å². The Balaban J connectivity index is 1.98. The molecular formula is C19H16ClN3O. The van der Waals surface area contributed by atoms with Gasteiger partial charge < -0.3 is 10.3 Å². The van der Waals surface area contributed by atoms with Crippen LogP contribution < -0.4 is 5.32 Å². The fourth-order valence-electron chi connectivity index (χ4n) is 2.70. The van der Waals surface area contributed by atoms with Crippen LogP contribution in [0.5, 0.6) is 0 Å². The highest BCUT2D eigenvalue weighted by molar-refractivity contribution is 6.31. The predicted molar refractivity (Wildman–Crippen MR) is 96.1 cm³/mol. The predicted octanol–water partition coefficient (Wildman–Crippen LogP) is 4.61. The number of nitrogens with one attached hydrogen (secondary N) is 2. The summed E-state index contributed by atoms with van der Waals surface area (Å²) in [5.41, 5.74) is 1.92. The fraction of sp³-hybridized carbons (Fsp3) is 0.158. The Morgan fingerprint density at radius 2 is 2.00 bits per heavy atom. The van der Waals surface area contributed by atoms with Gasteiger partial charge in [-0.15, -0.1) is 0 Å². The van der Waals surface area contributed by atoms with Gasteiger partial charge in [-0.25, -0.2) is 0 Å². The summed E-state index contributed by atoms with van der Waals surface area (Å²) in [6.45, 7) is 3.70. The highest BCUT2D eigenvalue weighted by Crippen LogP contribution is 2.33. The van der Waals surface area contributed by atoms with Crippen molar-refractivity contribution in [3.8, 4) is 6.07 Å². The van der Waals surface area contributed by atoms with Gasteiger partial charge in [-0.1, -0.05) is 23.7 Å². The maximum atomic E-state index is 12.9. The van der Waals surface area contributed by atoms with Crippen LogP contribution in [-0.2, 0) is 10.2 Å².